The number of aromatic nitrogens is 3. The van der Waals surface area contributed by atoms with Gasteiger partial charge in [-0.05, 0) is 18.2 Å². The molecule has 0 aliphatic rings. The van der Waals surface area contributed by atoms with Gasteiger partial charge in [-0.1, -0.05) is 6.07 Å². The molecule has 0 aliphatic carbocycles. The van der Waals surface area contributed by atoms with E-state index in [1.807, 2.05) is 6.07 Å². The van der Waals surface area contributed by atoms with Crippen molar-refractivity contribution < 1.29 is 8.42 Å². The maximum absolute atomic E-state index is 11.3. The number of hydrogen-bond acceptors (Lipinski definition) is 5. The Hall–Kier alpha value is -1.82. The average Bonchev–Trinajstić information content (AvgIpc) is 2.29. The molecule has 6 heteroatoms. The summed E-state index contributed by atoms with van der Waals surface area (Å²) in [5.74, 6) is 0. The van der Waals surface area contributed by atoms with Crippen LogP contribution in [0.25, 0.3) is 11.4 Å². The summed E-state index contributed by atoms with van der Waals surface area (Å²) in [6, 6.07) is 6.97. The van der Waals surface area contributed by atoms with Crippen LogP contribution in [-0.2, 0) is 9.84 Å². The lowest BCUT2D eigenvalue weighted by atomic mass is 10.3. The Balaban J connectivity index is 2.53. The van der Waals surface area contributed by atoms with Gasteiger partial charge < -0.3 is 0 Å². The molecule has 0 amide bonds. The molecule has 5 nitrogen and oxygen atoms in total. The minimum absolute atomic E-state index is 0.185. The van der Waals surface area contributed by atoms with Gasteiger partial charge in [0, 0.05) is 18.6 Å². The minimum Gasteiger partial charge on any atom is -0.255 e. The Kier molecular flexibility index (Phi) is 2.66. The predicted molar refractivity (Wildman–Crippen MR) is 58.4 cm³/mol. The van der Waals surface area contributed by atoms with Crippen LogP contribution in [0.5, 0.6) is 0 Å². The summed E-state index contributed by atoms with van der Waals surface area (Å²) in [4.78, 5) is 11.7. The maximum Gasteiger partial charge on any atom is 0.247 e. The van der Waals surface area contributed by atoms with Crippen LogP contribution in [0.2, 0.25) is 0 Å². The highest BCUT2D eigenvalue weighted by Gasteiger charge is 2.12. The Morgan fingerprint density at radius 3 is 2.44 bits per heavy atom. The van der Waals surface area contributed by atoms with Gasteiger partial charge in [0.15, 0.2) is 0 Å². The minimum atomic E-state index is -3.38. The molecule has 2 aromatic heterocycles. The predicted octanol–water partition coefficient (Wildman–Crippen LogP) is 0.942. The summed E-state index contributed by atoms with van der Waals surface area (Å²) < 4.78 is 22.5. The van der Waals surface area contributed by atoms with Crippen LogP contribution in [0.3, 0.4) is 0 Å². The van der Waals surface area contributed by atoms with Gasteiger partial charge in [-0.2, -0.15) is 0 Å². The van der Waals surface area contributed by atoms with Crippen LogP contribution in [0.1, 0.15) is 0 Å². The Bertz CT molecular complexity index is 596. The number of rotatable bonds is 2. The summed E-state index contributed by atoms with van der Waals surface area (Å²) in [6.45, 7) is 0. The van der Waals surface area contributed by atoms with Crippen molar-refractivity contribution in [2.24, 2.45) is 0 Å². The number of pyridine rings is 1. The van der Waals surface area contributed by atoms with Gasteiger partial charge in [-0.3, -0.25) is 4.98 Å². The Morgan fingerprint density at radius 2 is 1.81 bits per heavy atom. The molecule has 0 radical (unpaired) electrons. The monoisotopic (exact) mass is 235 g/mol. The third-order valence-electron chi connectivity index (χ3n) is 1.89. The zero-order chi connectivity index (χ0) is 11.6. The first kappa shape index (κ1) is 10.7. The lowest BCUT2D eigenvalue weighted by Crippen LogP contribution is -2.04. The van der Waals surface area contributed by atoms with Gasteiger partial charge >= 0.3 is 0 Å². The fraction of sp³-hybridized carbons (Fsp3) is 0.100. The van der Waals surface area contributed by atoms with E-state index < -0.39 is 9.84 Å². The van der Waals surface area contributed by atoms with Crippen molar-refractivity contribution in [2.45, 2.75) is 5.16 Å². The first-order valence-electron chi connectivity index (χ1n) is 4.52. The highest BCUT2D eigenvalue weighted by molar-refractivity contribution is 7.90. The van der Waals surface area contributed by atoms with Gasteiger partial charge in [0.1, 0.15) is 0 Å². The molecule has 16 heavy (non-hydrogen) atoms. The normalized spacial score (nSPS) is 11.3. The van der Waals surface area contributed by atoms with Gasteiger partial charge in [0.2, 0.25) is 15.0 Å². The highest BCUT2D eigenvalue weighted by atomic mass is 32.2. The topological polar surface area (TPSA) is 72.8 Å². The van der Waals surface area contributed by atoms with Crippen LogP contribution >= 0.6 is 0 Å². The van der Waals surface area contributed by atoms with Crippen molar-refractivity contribution in [3.8, 4) is 11.4 Å². The van der Waals surface area contributed by atoms with Crippen molar-refractivity contribution in [2.75, 3.05) is 6.26 Å². The van der Waals surface area contributed by atoms with E-state index in [0.29, 0.717) is 11.4 Å². The van der Waals surface area contributed by atoms with Crippen LogP contribution in [0, 0.1) is 0 Å². The Labute approximate surface area is 93.1 Å². The van der Waals surface area contributed by atoms with E-state index in [0.717, 1.165) is 6.26 Å². The van der Waals surface area contributed by atoms with Crippen LogP contribution in [0.15, 0.2) is 41.8 Å². The van der Waals surface area contributed by atoms with Crippen molar-refractivity contribution >= 4 is 9.84 Å². The number of nitrogens with zero attached hydrogens (tertiary/aromatic N) is 3. The third-order valence-corrected chi connectivity index (χ3v) is 2.75. The molecule has 0 aromatic carbocycles. The molecule has 0 saturated carbocycles. The molecule has 0 N–H and O–H groups in total. The first-order valence-corrected chi connectivity index (χ1v) is 6.41. The fourth-order valence-electron chi connectivity index (χ4n) is 1.18. The number of sulfone groups is 1. The summed E-state index contributed by atoms with van der Waals surface area (Å²) in [7, 11) is -3.38. The van der Waals surface area contributed by atoms with Gasteiger partial charge in [0.25, 0.3) is 0 Å². The third kappa shape index (κ3) is 2.22. The molecule has 0 bridgehead atoms. The van der Waals surface area contributed by atoms with E-state index in [1.165, 1.54) is 6.20 Å². The molecule has 0 saturated heterocycles. The smallest absolute Gasteiger partial charge is 0.247 e. The molecule has 0 fully saturated rings. The summed E-state index contributed by atoms with van der Waals surface area (Å²) in [6.07, 6.45) is 4.11. The van der Waals surface area contributed by atoms with Crippen LogP contribution in [0.4, 0.5) is 0 Å². The molecule has 2 rings (SSSR count). The number of hydrogen-bond donors (Lipinski definition) is 0. The van der Waals surface area contributed by atoms with E-state index >= 15 is 0 Å². The zero-order valence-electron chi connectivity index (χ0n) is 8.53. The standard InChI is InChI=1S/C10H9N3O2S/c1-16(14,15)10-12-7-5-9(13-10)8-4-2-3-6-11-8/h2-7H,1H3. The molecule has 0 spiro atoms. The fourth-order valence-corrected chi connectivity index (χ4v) is 1.69. The van der Waals surface area contributed by atoms with Crippen LogP contribution < -0.4 is 0 Å². The molecule has 2 heterocycles. The molecule has 0 atom stereocenters. The van der Waals surface area contributed by atoms with E-state index in [2.05, 4.69) is 15.0 Å². The van der Waals surface area contributed by atoms with E-state index in [4.69, 9.17) is 0 Å². The van der Waals surface area contributed by atoms with Crippen molar-refractivity contribution in [3.63, 3.8) is 0 Å². The first-order chi connectivity index (χ1) is 7.57. The van der Waals surface area contributed by atoms with Crippen LogP contribution in [-0.4, -0.2) is 29.6 Å². The molecular weight excluding hydrogens is 226 g/mol. The molecule has 82 valence electrons. The Morgan fingerprint density at radius 1 is 1.00 bits per heavy atom. The van der Waals surface area contributed by atoms with Gasteiger partial charge in [-0.25, -0.2) is 18.4 Å². The second-order valence-corrected chi connectivity index (χ2v) is 5.12. The zero-order valence-corrected chi connectivity index (χ0v) is 9.35. The SMILES string of the molecule is CS(=O)(=O)c1nccc(-c2ccccn2)n1. The van der Waals surface area contributed by atoms with Gasteiger partial charge in [0.05, 0.1) is 11.4 Å². The summed E-state index contributed by atoms with van der Waals surface area (Å²) in [5.41, 5.74) is 1.12. The van der Waals surface area contributed by atoms with E-state index in [1.54, 1.807) is 24.4 Å². The molecular formula is C10H9N3O2S. The lowest BCUT2D eigenvalue weighted by Gasteiger charge is -2.00. The van der Waals surface area contributed by atoms with Crippen molar-refractivity contribution in [3.05, 3.63) is 36.7 Å². The van der Waals surface area contributed by atoms with Crippen molar-refractivity contribution in [1.29, 1.82) is 0 Å². The average molecular weight is 235 g/mol. The second kappa shape index (κ2) is 3.97. The maximum atomic E-state index is 11.3. The van der Waals surface area contributed by atoms with E-state index in [-0.39, 0.29) is 5.16 Å². The highest BCUT2D eigenvalue weighted by Crippen LogP contribution is 2.13. The molecule has 0 aliphatic heterocycles. The van der Waals surface area contributed by atoms with E-state index in [9.17, 15) is 8.42 Å². The largest absolute Gasteiger partial charge is 0.255 e. The molecule has 2 aromatic rings. The molecule has 0 unspecified atom stereocenters. The van der Waals surface area contributed by atoms with Gasteiger partial charge in [-0.15, -0.1) is 0 Å². The quantitative estimate of drug-likeness (QED) is 0.724. The summed E-state index contributed by atoms with van der Waals surface area (Å²) in [5, 5.41) is -0.185. The second-order valence-electron chi connectivity index (χ2n) is 3.21. The van der Waals surface area contributed by atoms with Crippen molar-refractivity contribution in [1.82, 2.24) is 15.0 Å². The summed E-state index contributed by atoms with van der Waals surface area (Å²) >= 11 is 0. The lowest BCUT2D eigenvalue weighted by molar-refractivity contribution is 0.593.